The second-order valence-electron chi connectivity index (χ2n) is 5.83. The van der Waals surface area contributed by atoms with Crippen molar-refractivity contribution in [3.8, 4) is 17.2 Å². The largest absolute Gasteiger partial charge is 0.497 e. The van der Waals surface area contributed by atoms with E-state index in [0.29, 0.717) is 0 Å². The van der Waals surface area contributed by atoms with E-state index >= 15 is 0 Å². The lowest BCUT2D eigenvalue weighted by Crippen LogP contribution is -2.31. The molecule has 128 valence electrons. The van der Waals surface area contributed by atoms with Crippen LogP contribution in [0.15, 0.2) is 34.8 Å². The molecular weight excluding hydrogens is 370 g/mol. The molecule has 1 heterocycles. The standard InChI is InChI=1S/C19H22BrNO3/c1-22-14-10-13-6-7-21-16(19(13)18(11-14)24-3)9-12-4-5-17(23-2)15(20)8-12/h4-5,8,10-11,16,21H,6-7,9H2,1-3H3. The summed E-state index contributed by atoms with van der Waals surface area (Å²) in [7, 11) is 5.08. The second kappa shape index (κ2) is 7.45. The lowest BCUT2D eigenvalue weighted by molar-refractivity contribution is 0.377. The molecule has 1 aliphatic rings. The van der Waals surface area contributed by atoms with Crippen LogP contribution in [-0.4, -0.2) is 27.9 Å². The molecule has 1 unspecified atom stereocenters. The number of ether oxygens (including phenoxy) is 3. The minimum Gasteiger partial charge on any atom is -0.497 e. The van der Waals surface area contributed by atoms with Crippen LogP contribution in [0.2, 0.25) is 0 Å². The average molecular weight is 392 g/mol. The zero-order valence-corrected chi connectivity index (χ0v) is 15.8. The molecule has 2 aromatic carbocycles. The molecule has 0 spiro atoms. The van der Waals surface area contributed by atoms with Crippen LogP contribution in [0.25, 0.3) is 0 Å². The molecule has 0 amide bonds. The quantitative estimate of drug-likeness (QED) is 0.838. The van der Waals surface area contributed by atoms with E-state index in [0.717, 1.165) is 41.1 Å². The molecule has 3 rings (SSSR count). The third-order valence-electron chi connectivity index (χ3n) is 4.45. The van der Waals surface area contributed by atoms with Crippen LogP contribution < -0.4 is 19.5 Å². The van der Waals surface area contributed by atoms with Crippen molar-refractivity contribution in [3.63, 3.8) is 0 Å². The van der Waals surface area contributed by atoms with Gasteiger partial charge in [-0.3, -0.25) is 0 Å². The Morgan fingerprint density at radius 3 is 2.50 bits per heavy atom. The summed E-state index contributed by atoms with van der Waals surface area (Å²) in [6.07, 6.45) is 1.87. The number of halogens is 1. The second-order valence-corrected chi connectivity index (χ2v) is 6.69. The van der Waals surface area contributed by atoms with E-state index in [9.17, 15) is 0 Å². The zero-order valence-electron chi connectivity index (χ0n) is 14.2. The normalized spacial score (nSPS) is 16.4. The van der Waals surface area contributed by atoms with Gasteiger partial charge in [-0.2, -0.15) is 0 Å². The number of fused-ring (bicyclic) bond motifs is 1. The van der Waals surface area contributed by atoms with Crippen molar-refractivity contribution in [2.75, 3.05) is 27.9 Å². The van der Waals surface area contributed by atoms with Crippen LogP contribution in [0.5, 0.6) is 17.2 Å². The first-order chi connectivity index (χ1) is 11.7. The molecule has 4 nitrogen and oxygen atoms in total. The lowest BCUT2D eigenvalue weighted by atomic mass is 9.89. The summed E-state index contributed by atoms with van der Waals surface area (Å²) in [4.78, 5) is 0. The molecule has 0 aromatic heterocycles. The van der Waals surface area contributed by atoms with Gasteiger partial charge >= 0.3 is 0 Å². The molecule has 0 saturated carbocycles. The Morgan fingerprint density at radius 1 is 1.04 bits per heavy atom. The maximum atomic E-state index is 5.63. The molecule has 24 heavy (non-hydrogen) atoms. The monoisotopic (exact) mass is 391 g/mol. The summed E-state index contributed by atoms with van der Waals surface area (Å²) < 4.78 is 17.3. The minimum absolute atomic E-state index is 0.218. The lowest BCUT2D eigenvalue weighted by Gasteiger charge is -2.29. The van der Waals surface area contributed by atoms with Gasteiger partial charge in [-0.25, -0.2) is 0 Å². The molecule has 1 N–H and O–H groups in total. The van der Waals surface area contributed by atoms with Crippen molar-refractivity contribution >= 4 is 15.9 Å². The summed E-state index contributed by atoms with van der Waals surface area (Å²) in [6.45, 7) is 0.950. The van der Waals surface area contributed by atoms with Gasteiger partial charge in [-0.05, 0) is 64.6 Å². The topological polar surface area (TPSA) is 39.7 Å². The Labute approximate surface area is 151 Å². The van der Waals surface area contributed by atoms with Gasteiger partial charge in [-0.15, -0.1) is 0 Å². The number of benzene rings is 2. The Morgan fingerprint density at radius 2 is 1.83 bits per heavy atom. The van der Waals surface area contributed by atoms with Gasteiger partial charge in [0.2, 0.25) is 0 Å². The molecule has 2 aromatic rings. The third kappa shape index (κ3) is 3.37. The van der Waals surface area contributed by atoms with Crippen molar-refractivity contribution in [1.82, 2.24) is 5.32 Å². The summed E-state index contributed by atoms with van der Waals surface area (Å²) in [5, 5.41) is 3.62. The van der Waals surface area contributed by atoms with Gasteiger partial charge in [0, 0.05) is 17.7 Å². The Kier molecular flexibility index (Phi) is 5.31. The molecule has 1 atom stereocenters. The zero-order chi connectivity index (χ0) is 17.1. The maximum absolute atomic E-state index is 5.63. The number of hydrogen-bond acceptors (Lipinski definition) is 4. The molecule has 0 aliphatic carbocycles. The molecule has 1 aliphatic heterocycles. The van der Waals surface area contributed by atoms with E-state index in [1.807, 2.05) is 12.1 Å². The van der Waals surface area contributed by atoms with Crippen LogP contribution in [-0.2, 0) is 12.8 Å². The SMILES string of the molecule is COc1cc2c(c(OC)c1)C(Cc1ccc(OC)c(Br)c1)NCC2. The fourth-order valence-electron chi connectivity index (χ4n) is 3.28. The fourth-order valence-corrected chi connectivity index (χ4v) is 3.86. The van der Waals surface area contributed by atoms with E-state index in [-0.39, 0.29) is 6.04 Å². The Hall–Kier alpha value is -1.72. The van der Waals surface area contributed by atoms with E-state index < -0.39 is 0 Å². The van der Waals surface area contributed by atoms with Crippen molar-refractivity contribution in [1.29, 1.82) is 0 Å². The van der Waals surface area contributed by atoms with Crippen LogP contribution in [0, 0.1) is 0 Å². The summed E-state index contributed by atoms with van der Waals surface area (Å²) >= 11 is 3.56. The fraction of sp³-hybridized carbons (Fsp3) is 0.368. The maximum Gasteiger partial charge on any atom is 0.133 e. The van der Waals surface area contributed by atoms with Crippen LogP contribution in [0.3, 0.4) is 0 Å². The predicted octanol–water partition coefficient (Wildman–Crippen LogP) is 3.90. The molecule has 0 fully saturated rings. The van der Waals surface area contributed by atoms with Gasteiger partial charge in [0.25, 0.3) is 0 Å². The van der Waals surface area contributed by atoms with E-state index in [1.165, 1.54) is 16.7 Å². The van der Waals surface area contributed by atoms with Crippen LogP contribution in [0.4, 0.5) is 0 Å². The van der Waals surface area contributed by atoms with E-state index in [1.54, 1.807) is 21.3 Å². The van der Waals surface area contributed by atoms with Gasteiger partial charge in [0.05, 0.1) is 25.8 Å². The molecule has 5 heteroatoms. The predicted molar refractivity (Wildman–Crippen MR) is 98.4 cm³/mol. The molecule has 0 bridgehead atoms. The first kappa shape index (κ1) is 17.1. The first-order valence-electron chi connectivity index (χ1n) is 7.97. The van der Waals surface area contributed by atoms with E-state index in [2.05, 4.69) is 39.4 Å². The Bertz CT molecular complexity index is 716. The number of hydrogen-bond donors (Lipinski definition) is 1. The first-order valence-corrected chi connectivity index (χ1v) is 8.76. The third-order valence-corrected chi connectivity index (χ3v) is 5.07. The minimum atomic E-state index is 0.218. The highest BCUT2D eigenvalue weighted by molar-refractivity contribution is 9.10. The summed E-state index contributed by atoms with van der Waals surface area (Å²) in [5.41, 5.74) is 3.77. The molecular formula is C19H22BrNO3. The van der Waals surface area contributed by atoms with Gasteiger partial charge in [-0.1, -0.05) is 6.07 Å². The van der Waals surface area contributed by atoms with Crippen molar-refractivity contribution in [2.24, 2.45) is 0 Å². The Balaban J connectivity index is 1.93. The van der Waals surface area contributed by atoms with Crippen LogP contribution >= 0.6 is 15.9 Å². The van der Waals surface area contributed by atoms with Gasteiger partial charge < -0.3 is 19.5 Å². The summed E-state index contributed by atoms with van der Waals surface area (Å²) in [6, 6.07) is 10.5. The highest BCUT2D eigenvalue weighted by atomic mass is 79.9. The van der Waals surface area contributed by atoms with Crippen molar-refractivity contribution < 1.29 is 14.2 Å². The van der Waals surface area contributed by atoms with Crippen molar-refractivity contribution in [2.45, 2.75) is 18.9 Å². The number of methoxy groups -OCH3 is 3. The van der Waals surface area contributed by atoms with E-state index in [4.69, 9.17) is 14.2 Å². The smallest absolute Gasteiger partial charge is 0.133 e. The molecule has 0 saturated heterocycles. The highest BCUT2D eigenvalue weighted by Gasteiger charge is 2.25. The number of rotatable bonds is 5. The van der Waals surface area contributed by atoms with Gasteiger partial charge in [0.1, 0.15) is 17.2 Å². The highest BCUT2D eigenvalue weighted by Crippen LogP contribution is 2.37. The van der Waals surface area contributed by atoms with Gasteiger partial charge in [0.15, 0.2) is 0 Å². The molecule has 0 radical (unpaired) electrons. The summed E-state index contributed by atoms with van der Waals surface area (Å²) in [5.74, 6) is 2.57. The van der Waals surface area contributed by atoms with Crippen molar-refractivity contribution in [3.05, 3.63) is 51.5 Å². The average Bonchev–Trinajstić information content (AvgIpc) is 2.61. The van der Waals surface area contributed by atoms with Crippen LogP contribution in [0.1, 0.15) is 22.7 Å². The number of nitrogens with one attached hydrogen (secondary N) is 1.